The molecule has 0 bridgehead atoms. The van der Waals surface area contributed by atoms with Crippen molar-refractivity contribution in [2.45, 2.75) is 46.5 Å². The van der Waals surface area contributed by atoms with E-state index >= 15 is 0 Å². The van der Waals surface area contributed by atoms with E-state index in [4.69, 9.17) is 0 Å². The molecule has 0 aliphatic carbocycles. The van der Waals surface area contributed by atoms with Crippen LogP contribution in [0.4, 0.5) is 0 Å². The van der Waals surface area contributed by atoms with Crippen LogP contribution >= 0.6 is 11.3 Å². The Morgan fingerprint density at radius 1 is 1.47 bits per heavy atom. The maximum Gasteiger partial charge on any atom is 0.270 e. The molecule has 0 radical (unpaired) electrons. The molecule has 1 aromatic rings. The summed E-state index contributed by atoms with van der Waals surface area (Å²) >= 11 is 1.45. The molecule has 0 aliphatic rings. The van der Waals surface area contributed by atoms with Gasteiger partial charge in [-0.2, -0.15) is 0 Å². The number of hydrogen-bond acceptors (Lipinski definition) is 3. The van der Waals surface area contributed by atoms with Crippen molar-refractivity contribution in [1.29, 1.82) is 0 Å². The SMILES string of the molecule is CCCCCC(C)(C)CNC(=O)c1cscn1. The van der Waals surface area contributed by atoms with Gasteiger partial charge in [-0.25, -0.2) is 4.98 Å². The first kappa shape index (κ1) is 14.2. The van der Waals surface area contributed by atoms with Crippen molar-refractivity contribution in [2.75, 3.05) is 6.54 Å². The van der Waals surface area contributed by atoms with Crippen LogP contribution in [0.1, 0.15) is 56.9 Å². The van der Waals surface area contributed by atoms with Gasteiger partial charge in [-0.05, 0) is 11.8 Å². The minimum absolute atomic E-state index is 0.0604. The Labute approximate surface area is 108 Å². The van der Waals surface area contributed by atoms with Crippen molar-refractivity contribution in [2.24, 2.45) is 5.41 Å². The Bertz CT molecular complexity index is 333. The van der Waals surface area contributed by atoms with Gasteiger partial charge < -0.3 is 5.32 Å². The van der Waals surface area contributed by atoms with Crippen molar-refractivity contribution in [3.8, 4) is 0 Å². The highest BCUT2D eigenvalue weighted by Gasteiger charge is 2.19. The molecule has 1 rings (SSSR count). The molecule has 1 amide bonds. The third kappa shape index (κ3) is 5.31. The molecule has 0 unspecified atom stereocenters. The van der Waals surface area contributed by atoms with E-state index in [-0.39, 0.29) is 11.3 Å². The predicted octanol–water partition coefficient (Wildman–Crippen LogP) is 3.48. The van der Waals surface area contributed by atoms with Crippen molar-refractivity contribution in [3.05, 3.63) is 16.6 Å². The summed E-state index contributed by atoms with van der Waals surface area (Å²) in [5.74, 6) is -0.0604. The van der Waals surface area contributed by atoms with Gasteiger partial charge in [0.2, 0.25) is 0 Å². The Balaban J connectivity index is 2.31. The zero-order valence-electron chi connectivity index (χ0n) is 11.0. The van der Waals surface area contributed by atoms with Gasteiger partial charge in [-0.15, -0.1) is 11.3 Å². The first-order valence-corrected chi connectivity index (χ1v) is 7.16. The van der Waals surface area contributed by atoms with Crippen LogP contribution in [0.2, 0.25) is 0 Å². The van der Waals surface area contributed by atoms with E-state index in [1.54, 1.807) is 10.9 Å². The van der Waals surface area contributed by atoms with Crippen LogP contribution in [0.25, 0.3) is 0 Å². The maximum atomic E-state index is 11.7. The normalized spacial score (nSPS) is 11.5. The molecular weight excluding hydrogens is 232 g/mol. The number of nitrogens with zero attached hydrogens (tertiary/aromatic N) is 1. The largest absolute Gasteiger partial charge is 0.350 e. The summed E-state index contributed by atoms with van der Waals surface area (Å²) in [6.07, 6.45) is 4.89. The van der Waals surface area contributed by atoms with Gasteiger partial charge in [-0.1, -0.05) is 40.0 Å². The van der Waals surface area contributed by atoms with Crippen LogP contribution in [-0.4, -0.2) is 17.4 Å². The number of carbonyl (C=O) groups excluding carboxylic acids is 1. The molecule has 0 aromatic carbocycles. The zero-order valence-corrected chi connectivity index (χ0v) is 11.8. The number of thiazole rings is 1. The van der Waals surface area contributed by atoms with Crippen molar-refractivity contribution >= 4 is 17.2 Å². The summed E-state index contributed by atoms with van der Waals surface area (Å²) in [6.45, 7) is 7.32. The highest BCUT2D eigenvalue weighted by atomic mass is 32.1. The number of unbranched alkanes of at least 4 members (excludes halogenated alkanes) is 2. The van der Waals surface area contributed by atoms with E-state index < -0.39 is 0 Å². The summed E-state index contributed by atoms with van der Waals surface area (Å²) in [7, 11) is 0. The number of carbonyl (C=O) groups is 1. The maximum absolute atomic E-state index is 11.7. The fraction of sp³-hybridized carbons (Fsp3) is 0.692. The summed E-state index contributed by atoms with van der Waals surface area (Å²) in [5.41, 5.74) is 2.38. The molecule has 0 saturated carbocycles. The van der Waals surface area contributed by atoms with Gasteiger partial charge in [0.05, 0.1) is 5.51 Å². The number of rotatable bonds is 7. The van der Waals surface area contributed by atoms with Gasteiger partial charge in [0.25, 0.3) is 5.91 Å². The summed E-state index contributed by atoms with van der Waals surface area (Å²) in [4.78, 5) is 15.7. The molecule has 1 heterocycles. The lowest BCUT2D eigenvalue weighted by Crippen LogP contribution is -2.34. The minimum atomic E-state index is -0.0604. The third-order valence-corrected chi connectivity index (χ3v) is 3.44. The van der Waals surface area contributed by atoms with E-state index in [1.165, 1.54) is 30.6 Å². The van der Waals surface area contributed by atoms with E-state index in [2.05, 4.69) is 31.1 Å². The van der Waals surface area contributed by atoms with Crippen LogP contribution in [0.3, 0.4) is 0 Å². The zero-order chi connectivity index (χ0) is 12.7. The molecule has 4 heteroatoms. The fourth-order valence-electron chi connectivity index (χ4n) is 1.68. The van der Waals surface area contributed by atoms with Gasteiger partial charge in [-0.3, -0.25) is 4.79 Å². The molecule has 1 N–H and O–H groups in total. The molecule has 0 saturated heterocycles. The van der Waals surface area contributed by atoms with Crippen molar-refractivity contribution < 1.29 is 4.79 Å². The lowest BCUT2D eigenvalue weighted by Gasteiger charge is -2.24. The molecule has 3 nitrogen and oxygen atoms in total. The van der Waals surface area contributed by atoms with Gasteiger partial charge in [0, 0.05) is 11.9 Å². The quantitative estimate of drug-likeness (QED) is 0.757. The fourth-order valence-corrected chi connectivity index (χ4v) is 2.21. The van der Waals surface area contributed by atoms with Gasteiger partial charge in [0.1, 0.15) is 5.69 Å². The van der Waals surface area contributed by atoms with Crippen LogP contribution in [0.5, 0.6) is 0 Å². The number of hydrogen-bond donors (Lipinski definition) is 1. The Morgan fingerprint density at radius 2 is 2.24 bits per heavy atom. The van der Waals surface area contributed by atoms with Crippen molar-refractivity contribution in [1.82, 2.24) is 10.3 Å². The summed E-state index contributed by atoms with van der Waals surface area (Å²) < 4.78 is 0. The average molecular weight is 254 g/mol. The molecule has 0 spiro atoms. The molecule has 0 fully saturated rings. The average Bonchev–Trinajstić information content (AvgIpc) is 2.80. The van der Waals surface area contributed by atoms with Crippen LogP contribution in [0.15, 0.2) is 10.9 Å². The summed E-state index contributed by atoms with van der Waals surface area (Å²) in [5, 5.41) is 4.73. The predicted molar refractivity (Wildman–Crippen MR) is 72.4 cm³/mol. The molecule has 0 atom stereocenters. The van der Waals surface area contributed by atoms with E-state index in [9.17, 15) is 4.79 Å². The second kappa shape index (κ2) is 6.74. The Kier molecular flexibility index (Phi) is 5.62. The minimum Gasteiger partial charge on any atom is -0.350 e. The molecule has 96 valence electrons. The van der Waals surface area contributed by atoms with Crippen LogP contribution < -0.4 is 5.32 Å². The first-order chi connectivity index (χ1) is 8.05. The van der Waals surface area contributed by atoms with Crippen LogP contribution in [-0.2, 0) is 0 Å². The Hall–Kier alpha value is -0.900. The Morgan fingerprint density at radius 3 is 2.82 bits per heavy atom. The van der Waals surface area contributed by atoms with Crippen molar-refractivity contribution in [3.63, 3.8) is 0 Å². The topological polar surface area (TPSA) is 42.0 Å². The van der Waals surface area contributed by atoms with E-state index in [1.807, 2.05) is 0 Å². The molecule has 0 aliphatic heterocycles. The van der Waals surface area contributed by atoms with E-state index in [0.717, 1.165) is 6.42 Å². The number of nitrogens with one attached hydrogen (secondary N) is 1. The highest BCUT2D eigenvalue weighted by Crippen LogP contribution is 2.22. The number of aromatic nitrogens is 1. The molecule has 1 aromatic heterocycles. The standard InChI is InChI=1S/C13H22N2OS/c1-4-5-6-7-13(2,3)9-14-12(16)11-8-17-10-15-11/h8,10H,4-7,9H2,1-3H3,(H,14,16). The van der Waals surface area contributed by atoms with E-state index in [0.29, 0.717) is 12.2 Å². The third-order valence-electron chi connectivity index (χ3n) is 2.85. The molecule has 17 heavy (non-hydrogen) atoms. The monoisotopic (exact) mass is 254 g/mol. The van der Waals surface area contributed by atoms with Gasteiger partial charge in [0.15, 0.2) is 0 Å². The lowest BCUT2D eigenvalue weighted by atomic mass is 9.87. The van der Waals surface area contributed by atoms with Gasteiger partial charge >= 0.3 is 0 Å². The van der Waals surface area contributed by atoms with Crippen LogP contribution in [0, 0.1) is 5.41 Å². The second-order valence-corrected chi connectivity index (χ2v) is 5.90. The number of amides is 1. The summed E-state index contributed by atoms with van der Waals surface area (Å²) in [6, 6.07) is 0. The second-order valence-electron chi connectivity index (χ2n) is 5.18. The molecular formula is C13H22N2OS. The smallest absolute Gasteiger partial charge is 0.270 e. The highest BCUT2D eigenvalue weighted by molar-refractivity contribution is 7.07. The first-order valence-electron chi connectivity index (χ1n) is 6.21. The lowest BCUT2D eigenvalue weighted by molar-refractivity contribution is 0.0929.